The van der Waals surface area contributed by atoms with Crippen LogP contribution in [0.25, 0.3) is 0 Å². The molecule has 1 aliphatic carbocycles. The summed E-state index contributed by atoms with van der Waals surface area (Å²) in [5.41, 5.74) is 0. The summed E-state index contributed by atoms with van der Waals surface area (Å²) in [6, 6.07) is 0. The third-order valence-electron chi connectivity index (χ3n) is 2.69. The van der Waals surface area contributed by atoms with E-state index in [1.807, 2.05) is 0 Å². The summed E-state index contributed by atoms with van der Waals surface area (Å²) in [7, 11) is 0. The van der Waals surface area contributed by atoms with E-state index in [-0.39, 0.29) is 31.7 Å². The fourth-order valence-corrected chi connectivity index (χ4v) is 2.89. The Bertz CT molecular complexity index is 285. The van der Waals surface area contributed by atoms with Gasteiger partial charge in [-0.25, -0.2) is 0 Å². The molecule has 4 atom stereocenters. The van der Waals surface area contributed by atoms with E-state index in [1.165, 1.54) is 0 Å². The average Bonchev–Trinajstić information content (AvgIpc) is 2.16. The van der Waals surface area contributed by atoms with Gasteiger partial charge in [0.1, 0.15) is 0 Å². The minimum atomic E-state index is -2.53. The van der Waals surface area contributed by atoms with Gasteiger partial charge >= 0.3 is 30.8 Å². The second-order valence-corrected chi connectivity index (χ2v) is 4.67. The van der Waals surface area contributed by atoms with Crippen LogP contribution in [-0.2, 0) is 20.7 Å². The van der Waals surface area contributed by atoms with Crippen molar-refractivity contribution in [2.24, 2.45) is 11.8 Å². The molecule has 16 heavy (non-hydrogen) atoms. The van der Waals surface area contributed by atoms with Crippen LogP contribution in [0.4, 0.5) is 0 Å². The first-order valence-corrected chi connectivity index (χ1v) is 5.62. The van der Waals surface area contributed by atoms with E-state index in [2.05, 4.69) is 0 Å². The third-order valence-corrected chi connectivity index (χ3v) is 3.71. The van der Waals surface area contributed by atoms with Gasteiger partial charge < -0.3 is 14.8 Å². The second kappa shape index (κ2) is 6.40. The van der Waals surface area contributed by atoms with Crippen molar-refractivity contribution >= 4 is 23.0 Å². The fraction of sp³-hybridized carbons (Fsp3) is 0.750. The Kier molecular flexibility index (Phi) is 6.26. The molecule has 0 saturated heterocycles. The Morgan fingerprint density at radius 2 is 1.75 bits per heavy atom. The summed E-state index contributed by atoms with van der Waals surface area (Å²) in [6.45, 7) is 0. The summed E-state index contributed by atoms with van der Waals surface area (Å²) in [6.07, 6.45) is 0.871. The normalized spacial score (nSPS) is 31.2. The fourth-order valence-electron chi connectivity index (χ4n) is 1.98. The standard InChI is InChI=1S/C8H12O6S.Li/c9-7(10)4-2-1-3-5(15(13)14)6(4)8(11)12;/h4-6H,1-3H2,(H,9,10)(H,11,12)(H,13,14);/q;+1/p-1. The van der Waals surface area contributed by atoms with Crippen LogP contribution >= 0.6 is 0 Å². The van der Waals surface area contributed by atoms with Crippen molar-refractivity contribution in [3.8, 4) is 0 Å². The first-order valence-electron chi connectivity index (χ1n) is 4.49. The molecule has 86 valence electrons. The summed E-state index contributed by atoms with van der Waals surface area (Å²) in [4.78, 5) is 21.6. The molecule has 0 aromatic heterocycles. The molecular formula is C8H11LiO6S. The number of rotatable bonds is 3. The van der Waals surface area contributed by atoms with Crippen molar-refractivity contribution in [3.63, 3.8) is 0 Å². The van der Waals surface area contributed by atoms with Crippen LogP contribution in [0.3, 0.4) is 0 Å². The monoisotopic (exact) mass is 242 g/mol. The number of hydrogen-bond acceptors (Lipinski definition) is 4. The molecule has 0 spiro atoms. The molecular weight excluding hydrogens is 231 g/mol. The summed E-state index contributed by atoms with van der Waals surface area (Å²) in [5, 5.41) is 16.5. The van der Waals surface area contributed by atoms with Crippen LogP contribution in [0.5, 0.6) is 0 Å². The predicted molar refractivity (Wildman–Crippen MR) is 48.8 cm³/mol. The van der Waals surface area contributed by atoms with Crippen molar-refractivity contribution in [2.75, 3.05) is 0 Å². The van der Waals surface area contributed by atoms with Crippen LogP contribution in [-0.4, -0.2) is 36.2 Å². The van der Waals surface area contributed by atoms with Gasteiger partial charge in [-0.15, -0.1) is 0 Å². The molecule has 1 aliphatic rings. The minimum Gasteiger partial charge on any atom is -0.772 e. The van der Waals surface area contributed by atoms with Crippen molar-refractivity contribution < 1.29 is 47.4 Å². The van der Waals surface area contributed by atoms with Gasteiger partial charge in [0.15, 0.2) is 0 Å². The van der Waals surface area contributed by atoms with E-state index < -0.39 is 40.1 Å². The van der Waals surface area contributed by atoms with E-state index in [9.17, 15) is 18.4 Å². The molecule has 1 rings (SSSR count). The maximum atomic E-state index is 10.8. The van der Waals surface area contributed by atoms with Gasteiger partial charge in [-0.05, 0) is 12.8 Å². The molecule has 1 saturated carbocycles. The molecule has 4 unspecified atom stereocenters. The van der Waals surface area contributed by atoms with Gasteiger partial charge in [0, 0.05) is 5.25 Å². The second-order valence-electron chi connectivity index (χ2n) is 3.54. The number of carboxylic acids is 2. The van der Waals surface area contributed by atoms with Crippen LogP contribution in [0.1, 0.15) is 19.3 Å². The topological polar surface area (TPSA) is 115 Å². The van der Waals surface area contributed by atoms with E-state index in [1.54, 1.807) is 0 Å². The zero-order valence-corrected chi connectivity index (χ0v) is 9.61. The van der Waals surface area contributed by atoms with Crippen molar-refractivity contribution in [1.29, 1.82) is 0 Å². The Hall–Kier alpha value is -0.353. The maximum absolute atomic E-state index is 10.8. The zero-order chi connectivity index (χ0) is 11.6. The minimum absolute atomic E-state index is 0. The van der Waals surface area contributed by atoms with Gasteiger partial charge in [-0.3, -0.25) is 13.8 Å². The molecule has 2 N–H and O–H groups in total. The Labute approximate surface area is 107 Å². The third kappa shape index (κ3) is 3.32. The van der Waals surface area contributed by atoms with Crippen molar-refractivity contribution in [2.45, 2.75) is 24.5 Å². The quantitative estimate of drug-likeness (QED) is 0.398. The molecule has 0 radical (unpaired) electrons. The Balaban J connectivity index is 0.00000225. The van der Waals surface area contributed by atoms with Gasteiger partial charge in [0.25, 0.3) is 0 Å². The number of carboxylic acid groups (broad SMARTS) is 2. The molecule has 0 aromatic carbocycles. The molecule has 0 amide bonds. The van der Waals surface area contributed by atoms with Crippen LogP contribution in [0.2, 0.25) is 0 Å². The van der Waals surface area contributed by atoms with Gasteiger partial charge in [-0.1, -0.05) is 17.5 Å². The van der Waals surface area contributed by atoms with E-state index in [0.717, 1.165) is 0 Å². The predicted octanol–water partition coefficient (Wildman–Crippen LogP) is -3.18. The number of carbonyl (C=O) groups is 2. The summed E-state index contributed by atoms with van der Waals surface area (Å²) in [5.74, 6) is -5.01. The maximum Gasteiger partial charge on any atom is 1.00 e. The molecule has 0 aromatic rings. The van der Waals surface area contributed by atoms with Gasteiger partial charge in [-0.2, -0.15) is 0 Å². The van der Waals surface area contributed by atoms with Crippen LogP contribution in [0, 0.1) is 11.8 Å². The summed E-state index contributed by atoms with van der Waals surface area (Å²) < 4.78 is 21.6. The van der Waals surface area contributed by atoms with Crippen molar-refractivity contribution in [3.05, 3.63) is 0 Å². The Morgan fingerprint density at radius 1 is 1.19 bits per heavy atom. The SMILES string of the molecule is O=C(O)C1CCCC(S(=O)[O-])C1C(=O)O.[Li+]. The van der Waals surface area contributed by atoms with Crippen LogP contribution in [0.15, 0.2) is 0 Å². The molecule has 1 fully saturated rings. The summed E-state index contributed by atoms with van der Waals surface area (Å²) >= 11 is -2.53. The van der Waals surface area contributed by atoms with Crippen molar-refractivity contribution in [1.82, 2.24) is 0 Å². The first-order chi connectivity index (χ1) is 6.95. The largest absolute Gasteiger partial charge is 1.00 e. The zero-order valence-electron chi connectivity index (χ0n) is 8.79. The first kappa shape index (κ1) is 15.6. The van der Waals surface area contributed by atoms with Gasteiger partial charge in [0.05, 0.1) is 11.8 Å². The van der Waals surface area contributed by atoms with Gasteiger partial charge in [0.2, 0.25) is 0 Å². The average molecular weight is 242 g/mol. The molecule has 0 bridgehead atoms. The molecule has 0 heterocycles. The number of hydrogen-bond donors (Lipinski definition) is 2. The van der Waals surface area contributed by atoms with Crippen LogP contribution < -0.4 is 18.9 Å². The molecule has 8 heteroatoms. The van der Waals surface area contributed by atoms with E-state index in [4.69, 9.17) is 10.2 Å². The molecule has 6 nitrogen and oxygen atoms in total. The number of aliphatic carboxylic acids is 2. The van der Waals surface area contributed by atoms with E-state index in [0.29, 0.717) is 6.42 Å². The molecule has 0 aliphatic heterocycles. The van der Waals surface area contributed by atoms with E-state index >= 15 is 0 Å². The Morgan fingerprint density at radius 3 is 2.12 bits per heavy atom. The smallest absolute Gasteiger partial charge is 0.772 e.